The van der Waals surface area contributed by atoms with Gasteiger partial charge in [-0.2, -0.15) is 0 Å². The van der Waals surface area contributed by atoms with Gasteiger partial charge >= 0.3 is 6.03 Å². The summed E-state index contributed by atoms with van der Waals surface area (Å²) in [6.45, 7) is 2.23. The maximum absolute atomic E-state index is 13.2. The molecule has 1 fully saturated rings. The summed E-state index contributed by atoms with van der Waals surface area (Å²) in [6.07, 6.45) is 0.756. The molecular formula is C22H23N3O6. The van der Waals surface area contributed by atoms with Crippen LogP contribution in [0.15, 0.2) is 42.5 Å². The standard InChI is InChI=1S/C22H23N3O6/c1-22(14-8-9-17-18(12-14)31-11-5-10-30-17)20(27)25(21(28)24-22)13-19(26)23-15-6-3-4-7-16(15)29-2/h3-4,6-9,12H,5,10-11,13H2,1-2H3,(H,23,26)(H,24,28)/t22-/m0/s1. The molecule has 1 saturated heterocycles. The van der Waals surface area contributed by atoms with Crippen molar-refractivity contribution in [3.05, 3.63) is 48.0 Å². The summed E-state index contributed by atoms with van der Waals surface area (Å²) in [6, 6.07) is 11.4. The number of amides is 4. The summed E-state index contributed by atoms with van der Waals surface area (Å²) in [7, 11) is 1.49. The predicted molar refractivity (Wildman–Crippen MR) is 111 cm³/mol. The largest absolute Gasteiger partial charge is 0.495 e. The first-order valence-corrected chi connectivity index (χ1v) is 9.89. The quantitative estimate of drug-likeness (QED) is 0.712. The van der Waals surface area contributed by atoms with E-state index in [0.29, 0.717) is 41.7 Å². The van der Waals surface area contributed by atoms with Crippen molar-refractivity contribution in [1.29, 1.82) is 0 Å². The number of urea groups is 1. The van der Waals surface area contributed by atoms with Crippen molar-refractivity contribution in [2.75, 3.05) is 32.2 Å². The van der Waals surface area contributed by atoms with Crippen LogP contribution in [-0.4, -0.2) is 49.6 Å². The Morgan fingerprint density at radius 1 is 1.16 bits per heavy atom. The molecule has 2 heterocycles. The van der Waals surface area contributed by atoms with Crippen molar-refractivity contribution in [2.45, 2.75) is 18.9 Å². The molecule has 9 heteroatoms. The Kier molecular flexibility index (Phi) is 5.41. The van der Waals surface area contributed by atoms with E-state index in [4.69, 9.17) is 14.2 Å². The van der Waals surface area contributed by atoms with Gasteiger partial charge in [-0.1, -0.05) is 18.2 Å². The lowest BCUT2D eigenvalue weighted by Crippen LogP contribution is -2.42. The molecule has 9 nitrogen and oxygen atoms in total. The minimum absolute atomic E-state index is 0.428. The Morgan fingerprint density at radius 2 is 1.90 bits per heavy atom. The average Bonchev–Trinajstić information content (AvgIpc) is 2.93. The summed E-state index contributed by atoms with van der Waals surface area (Å²) < 4.78 is 16.5. The highest BCUT2D eigenvalue weighted by Crippen LogP contribution is 2.36. The zero-order valence-electron chi connectivity index (χ0n) is 17.3. The van der Waals surface area contributed by atoms with Gasteiger partial charge in [0, 0.05) is 6.42 Å². The minimum Gasteiger partial charge on any atom is -0.495 e. The summed E-state index contributed by atoms with van der Waals surface area (Å²) >= 11 is 0. The number of ether oxygens (including phenoxy) is 3. The van der Waals surface area contributed by atoms with E-state index < -0.39 is 29.9 Å². The number of nitrogens with zero attached hydrogens (tertiary/aromatic N) is 1. The lowest BCUT2D eigenvalue weighted by Gasteiger charge is -2.23. The highest BCUT2D eigenvalue weighted by molar-refractivity contribution is 6.10. The van der Waals surface area contributed by atoms with E-state index >= 15 is 0 Å². The van der Waals surface area contributed by atoms with Crippen molar-refractivity contribution in [3.63, 3.8) is 0 Å². The van der Waals surface area contributed by atoms with Crippen molar-refractivity contribution < 1.29 is 28.6 Å². The zero-order valence-corrected chi connectivity index (χ0v) is 17.3. The number of hydrogen-bond acceptors (Lipinski definition) is 6. The Hall–Kier alpha value is -3.75. The van der Waals surface area contributed by atoms with Crippen LogP contribution in [0.3, 0.4) is 0 Å². The number of benzene rings is 2. The third-order valence-corrected chi connectivity index (χ3v) is 5.28. The van der Waals surface area contributed by atoms with E-state index in [1.165, 1.54) is 7.11 Å². The first-order valence-electron chi connectivity index (χ1n) is 9.89. The topological polar surface area (TPSA) is 106 Å². The lowest BCUT2D eigenvalue weighted by molar-refractivity contribution is -0.133. The molecule has 0 radical (unpaired) electrons. The Bertz CT molecular complexity index is 1040. The molecular weight excluding hydrogens is 402 g/mol. The SMILES string of the molecule is COc1ccccc1NC(=O)CN1C(=O)N[C@@](C)(c2ccc3c(c2)OCCCO3)C1=O. The molecule has 0 aliphatic carbocycles. The highest BCUT2D eigenvalue weighted by Gasteiger charge is 2.49. The van der Waals surface area contributed by atoms with Crippen molar-refractivity contribution in [2.24, 2.45) is 0 Å². The third kappa shape index (κ3) is 3.86. The second kappa shape index (κ2) is 8.17. The molecule has 2 aliphatic rings. The number of nitrogens with one attached hydrogen (secondary N) is 2. The maximum atomic E-state index is 13.2. The van der Waals surface area contributed by atoms with E-state index in [0.717, 1.165) is 11.3 Å². The molecule has 2 N–H and O–H groups in total. The molecule has 4 rings (SSSR count). The van der Waals surface area contributed by atoms with Gasteiger partial charge in [-0.25, -0.2) is 4.79 Å². The smallest absolute Gasteiger partial charge is 0.325 e. The van der Waals surface area contributed by atoms with Gasteiger partial charge in [0.1, 0.15) is 17.8 Å². The molecule has 0 unspecified atom stereocenters. The van der Waals surface area contributed by atoms with E-state index in [9.17, 15) is 14.4 Å². The molecule has 2 aliphatic heterocycles. The number of rotatable bonds is 5. The van der Waals surface area contributed by atoms with Crippen LogP contribution in [0.1, 0.15) is 18.9 Å². The lowest BCUT2D eigenvalue weighted by atomic mass is 9.91. The van der Waals surface area contributed by atoms with Crippen LogP contribution in [0.2, 0.25) is 0 Å². The van der Waals surface area contributed by atoms with Gasteiger partial charge in [-0.05, 0) is 36.8 Å². The second-order valence-electron chi connectivity index (χ2n) is 7.41. The highest BCUT2D eigenvalue weighted by atomic mass is 16.5. The van der Waals surface area contributed by atoms with Crippen LogP contribution in [0.5, 0.6) is 17.2 Å². The first kappa shape index (κ1) is 20.5. The van der Waals surface area contributed by atoms with Crippen LogP contribution >= 0.6 is 0 Å². The van der Waals surface area contributed by atoms with Gasteiger partial charge in [-0.15, -0.1) is 0 Å². The molecule has 31 heavy (non-hydrogen) atoms. The van der Waals surface area contributed by atoms with E-state index in [-0.39, 0.29) is 0 Å². The van der Waals surface area contributed by atoms with Gasteiger partial charge in [0.25, 0.3) is 5.91 Å². The molecule has 0 spiro atoms. The molecule has 2 aromatic rings. The van der Waals surface area contributed by atoms with Crippen LogP contribution in [0, 0.1) is 0 Å². The Morgan fingerprint density at radius 3 is 2.68 bits per heavy atom. The van der Waals surface area contributed by atoms with Crippen molar-refractivity contribution >= 4 is 23.5 Å². The van der Waals surface area contributed by atoms with E-state index in [1.54, 1.807) is 49.4 Å². The Labute approximate surface area is 179 Å². The maximum Gasteiger partial charge on any atom is 0.325 e. The summed E-state index contributed by atoms with van der Waals surface area (Å²) in [5.41, 5.74) is -0.331. The van der Waals surface area contributed by atoms with Crippen LogP contribution < -0.4 is 24.8 Å². The zero-order chi connectivity index (χ0) is 22.0. The van der Waals surface area contributed by atoms with Gasteiger partial charge in [0.05, 0.1) is 26.0 Å². The van der Waals surface area contributed by atoms with Gasteiger partial charge in [0.15, 0.2) is 11.5 Å². The number of carbonyl (C=O) groups excluding carboxylic acids is 3. The fourth-order valence-corrected chi connectivity index (χ4v) is 3.59. The van der Waals surface area contributed by atoms with Crippen LogP contribution in [-0.2, 0) is 15.1 Å². The monoisotopic (exact) mass is 425 g/mol. The van der Waals surface area contributed by atoms with Crippen LogP contribution in [0.25, 0.3) is 0 Å². The average molecular weight is 425 g/mol. The predicted octanol–water partition coefficient (Wildman–Crippen LogP) is 2.26. The fourth-order valence-electron chi connectivity index (χ4n) is 3.59. The summed E-state index contributed by atoms with van der Waals surface area (Å²) in [5.74, 6) is 0.545. The summed E-state index contributed by atoms with van der Waals surface area (Å²) in [5, 5.41) is 5.37. The van der Waals surface area contributed by atoms with Gasteiger partial charge in [-0.3, -0.25) is 14.5 Å². The van der Waals surface area contributed by atoms with Crippen molar-refractivity contribution in [3.8, 4) is 17.2 Å². The second-order valence-corrected chi connectivity index (χ2v) is 7.41. The molecule has 1 atom stereocenters. The van der Waals surface area contributed by atoms with Crippen LogP contribution in [0.4, 0.5) is 10.5 Å². The molecule has 162 valence electrons. The number of imide groups is 1. The number of carbonyl (C=O) groups is 3. The van der Waals surface area contributed by atoms with Gasteiger partial charge < -0.3 is 24.8 Å². The van der Waals surface area contributed by atoms with E-state index in [2.05, 4.69) is 10.6 Å². The number of fused-ring (bicyclic) bond motifs is 1. The minimum atomic E-state index is -1.33. The number of anilines is 1. The van der Waals surface area contributed by atoms with Gasteiger partial charge in [0.2, 0.25) is 5.91 Å². The third-order valence-electron chi connectivity index (χ3n) is 5.28. The number of methoxy groups -OCH3 is 1. The number of hydrogen-bond donors (Lipinski definition) is 2. The molecule has 0 bridgehead atoms. The van der Waals surface area contributed by atoms with Crippen molar-refractivity contribution in [1.82, 2.24) is 10.2 Å². The molecule has 4 amide bonds. The normalized spacial score (nSPS) is 20.1. The Balaban J connectivity index is 1.52. The van der Waals surface area contributed by atoms with E-state index in [1.807, 2.05) is 0 Å². The molecule has 0 saturated carbocycles. The fraction of sp³-hybridized carbons (Fsp3) is 0.318. The summed E-state index contributed by atoms with van der Waals surface area (Å²) in [4.78, 5) is 39.1. The first-order chi connectivity index (χ1) is 14.9. The molecule has 0 aromatic heterocycles. The number of para-hydroxylation sites is 2. The molecule has 2 aromatic carbocycles.